The standard InChI is InChI=1S/Na.H3P.H2S.Si/h;1H3;1H2;. The molecule has 0 spiro atoms. The van der Waals surface area contributed by atoms with Gasteiger partial charge in [-0.15, -0.1) is 0 Å². The van der Waals surface area contributed by atoms with E-state index in [1.54, 1.807) is 0 Å². The fourth-order valence-electron chi connectivity index (χ4n) is 0. The summed E-state index contributed by atoms with van der Waals surface area (Å²) in [5.41, 5.74) is 0. The molecule has 0 saturated carbocycles. The number of rotatable bonds is 0. The molecule has 0 nitrogen and oxygen atoms in total. The van der Waals surface area contributed by atoms with Crippen molar-refractivity contribution in [3.8, 4) is 0 Å². The van der Waals surface area contributed by atoms with Crippen LogP contribution >= 0.6 is 23.4 Å². The molecular weight excluding hydrogens is 114 g/mol. The Balaban J connectivity index is 0. The van der Waals surface area contributed by atoms with Crippen LogP contribution in [0.5, 0.6) is 0 Å². The van der Waals surface area contributed by atoms with Crippen molar-refractivity contribution in [1.82, 2.24) is 0 Å². The molecule has 0 aromatic rings. The molecule has 21 valence electrons. The second kappa shape index (κ2) is 20.0. The third-order valence-corrected chi connectivity index (χ3v) is 0. The first-order valence-corrected chi connectivity index (χ1v) is 0. The van der Waals surface area contributed by atoms with Crippen molar-refractivity contribution in [3.05, 3.63) is 0 Å². The van der Waals surface area contributed by atoms with E-state index in [2.05, 4.69) is 0 Å². The summed E-state index contributed by atoms with van der Waals surface area (Å²) in [6.45, 7) is 0. The van der Waals surface area contributed by atoms with Gasteiger partial charge in [0, 0.05) is 40.5 Å². The smallest absolute Gasteiger partial charge is 0 e. The molecular formula is H5NaPSSi. The molecule has 5 radical (unpaired) electrons. The number of hydrogen-bond acceptors (Lipinski definition) is 0. The summed E-state index contributed by atoms with van der Waals surface area (Å²) in [7, 11) is 0. The molecule has 0 N–H and O–H groups in total. The molecule has 0 bridgehead atoms. The molecule has 0 rings (SSSR count). The zero-order chi connectivity index (χ0) is 0. The fraction of sp³-hybridized carbons (Fsp3) is 0. The van der Waals surface area contributed by atoms with E-state index in [0.29, 0.717) is 0 Å². The Kier molecular flexibility index (Phi) is 188. The van der Waals surface area contributed by atoms with Crippen LogP contribution in [0.4, 0.5) is 0 Å². The molecule has 0 saturated heterocycles. The zero-order valence-electron chi connectivity index (χ0n) is 2.71. The molecule has 0 fully saturated rings. The Morgan fingerprint density at radius 3 is 1.00 bits per heavy atom. The summed E-state index contributed by atoms with van der Waals surface area (Å²) in [4.78, 5) is 0. The van der Waals surface area contributed by atoms with Gasteiger partial charge in [0.25, 0.3) is 0 Å². The Morgan fingerprint density at radius 1 is 1.00 bits per heavy atom. The van der Waals surface area contributed by atoms with Gasteiger partial charge < -0.3 is 0 Å². The topological polar surface area (TPSA) is 0 Å². The molecule has 4 heteroatoms. The first-order valence-electron chi connectivity index (χ1n) is 0. The summed E-state index contributed by atoms with van der Waals surface area (Å²) in [5, 5.41) is 0. The molecule has 0 heterocycles. The van der Waals surface area contributed by atoms with Gasteiger partial charge >= 0.3 is 0 Å². The van der Waals surface area contributed by atoms with Gasteiger partial charge in [-0.3, -0.25) is 0 Å². The van der Waals surface area contributed by atoms with E-state index in [1.165, 1.54) is 0 Å². The maximum absolute atomic E-state index is 0. The molecule has 0 amide bonds. The van der Waals surface area contributed by atoms with Crippen molar-refractivity contribution in [2.75, 3.05) is 0 Å². The van der Waals surface area contributed by atoms with E-state index in [0.717, 1.165) is 0 Å². The van der Waals surface area contributed by atoms with Crippen LogP contribution in [-0.4, -0.2) is 40.5 Å². The maximum Gasteiger partial charge on any atom is 0 e. The minimum absolute atomic E-state index is 0. The van der Waals surface area contributed by atoms with Crippen LogP contribution in [0.15, 0.2) is 0 Å². The van der Waals surface area contributed by atoms with Gasteiger partial charge in [-0.1, -0.05) is 0 Å². The van der Waals surface area contributed by atoms with Crippen molar-refractivity contribution in [1.29, 1.82) is 0 Å². The van der Waals surface area contributed by atoms with Gasteiger partial charge in [-0.05, 0) is 0 Å². The van der Waals surface area contributed by atoms with Crippen LogP contribution in [0, 0.1) is 0 Å². The van der Waals surface area contributed by atoms with E-state index < -0.39 is 0 Å². The summed E-state index contributed by atoms with van der Waals surface area (Å²) in [6.07, 6.45) is 0. The van der Waals surface area contributed by atoms with Crippen molar-refractivity contribution < 1.29 is 0 Å². The van der Waals surface area contributed by atoms with Crippen molar-refractivity contribution in [2.24, 2.45) is 0 Å². The van der Waals surface area contributed by atoms with Gasteiger partial charge in [0.2, 0.25) is 0 Å². The van der Waals surface area contributed by atoms with Gasteiger partial charge in [-0.2, -0.15) is 23.4 Å². The first-order chi connectivity index (χ1) is 0. The van der Waals surface area contributed by atoms with E-state index in [4.69, 9.17) is 0 Å². The Morgan fingerprint density at radius 2 is 1.00 bits per heavy atom. The van der Waals surface area contributed by atoms with Crippen LogP contribution in [-0.2, 0) is 0 Å². The molecule has 1 atom stereocenters. The van der Waals surface area contributed by atoms with E-state index in [9.17, 15) is 0 Å². The second-order valence-corrected chi connectivity index (χ2v) is 0. The SMILES string of the molecule is P.S.[Na].[Si]. The molecule has 0 aliphatic heterocycles. The first kappa shape index (κ1) is 37.6. The van der Waals surface area contributed by atoms with Crippen LogP contribution in [0.1, 0.15) is 0 Å². The monoisotopic (exact) mass is 119 g/mol. The number of hydrogen-bond donors (Lipinski definition) is 0. The third kappa shape index (κ3) is 9.00. The third-order valence-electron chi connectivity index (χ3n) is 0. The molecule has 1 unspecified atom stereocenters. The van der Waals surface area contributed by atoms with Crippen LogP contribution in [0.3, 0.4) is 0 Å². The normalized spacial score (nSPS) is 0. The fourth-order valence-corrected chi connectivity index (χ4v) is 0. The average molecular weight is 119 g/mol. The van der Waals surface area contributed by atoms with E-state index >= 15 is 0 Å². The Bertz CT molecular complexity index is 8.00. The maximum atomic E-state index is 0. The molecule has 0 aliphatic carbocycles. The zero-order valence-corrected chi connectivity index (χ0v) is 8.12. The summed E-state index contributed by atoms with van der Waals surface area (Å²) in [5.74, 6) is 0. The molecule has 0 aromatic carbocycles. The summed E-state index contributed by atoms with van der Waals surface area (Å²) < 4.78 is 0. The predicted molar refractivity (Wildman–Crippen MR) is 33.0 cm³/mol. The van der Waals surface area contributed by atoms with Gasteiger partial charge in [0.15, 0.2) is 0 Å². The minimum atomic E-state index is 0. The predicted octanol–water partition coefficient (Wildman–Crippen LogP) is -0.591. The molecule has 4 heavy (non-hydrogen) atoms. The minimum Gasteiger partial charge on any atom is -0.197 e. The van der Waals surface area contributed by atoms with Crippen LogP contribution < -0.4 is 0 Å². The molecule has 0 aliphatic rings. The summed E-state index contributed by atoms with van der Waals surface area (Å²) in [6, 6.07) is 0. The largest absolute Gasteiger partial charge is 0.197 e. The van der Waals surface area contributed by atoms with Crippen LogP contribution in [0.2, 0.25) is 0 Å². The average Bonchev–Trinajstić information content (AvgIpc) is 0. The van der Waals surface area contributed by atoms with Crippen molar-refractivity contribution >= 4 is 63.9 Å². The van der Waals surface area contributed by atoms with Crippen molar-refractivity contribution in [3.63, 3.8) is 0 Å². The Hall–Kier alpha value is 2.00. The van der Waals surface area contributed by atoms with Gasteiger partial charge in [0.05, 0.1) is 0 Å². The van der Waals surface area contributed by atoms with Crippen LogP contribution in [0.25, 0.3) is 0 Å². The van der Waals surface area contributed by atoms with E-state index in [1.807, 2.05) is 0 Å². The Labute approximate surface area is 63.5 Å². The quantitative estimate of drug-likeness (QED) is 0.295. The molecule has 0 aromatic heterocycles. The van der Waals surface area contributed by atoms with Gasteiger partial charge in [0.1, 0.15) is 0 Å². The summed E-state index contributed by atoms with van der Waals surface area (Å²) >= 11 is 0. The van der Waals surface area contributed by atoms with Crippen molar-refractivity contribution in [2.45, 2.75) is 0 Å². The van der Waals surface area contributed by atoms with E-state index in [-0.39, 0.29) is 63.9 Å². The second-order valence-electron chi connectivity index (χ2n) is 0. The van der Waals surface area contributed by atoms with Gasteiger partial charge in [-0.25, -0.2) is 0 Å².